The van der Waals surface area contributed by atoms with Crippen LogP contribution in [-0.4, -0.2) is 41.3 Å². The third-order valence-corrected chi connectivity index (χ3v) is 2.66. The van der Waals surface area contributed by atoms with E-state index in [4.69, 9.17) is 5.11 Å². The van der Waals surface area contributed by atoms with E-state index in [0.717, 1.165) is 23.7 Å². The molecule has 16 heavy (non-hydrogen) atoms. The lowest BCUT2D eigenvalue weighted by Crippen LogP contribution is -2.33. The van der Waals surface area contributed by atoms with E-state index in [-0.39, 0.29) is 12.6 Å². The van der Waals surface area contributed by atoms with E-state index < -0.39 is 0 Å². The van der Waals surface area contributed by atoms with Crippen molar-refractivity contribution in [3.05, 3.63) is 11.9 Å². The van der Waals surface area contributed by atoms with Crippen LogP contribution < -0.4 is 10.2 Å². The second kappa shape index (κ2) is 5.65. The van der Waals surface area contributed by atoms with Crippen LogP contribution in [0.2, 0.25) is 0 Å². The monoisotopic (exact) mass is 224 g/mol. The number of rotatable bonds is 5. The van der Waals surface area contributed by atoms with Crippen molar-refractivity contribution < 1.29 is 5.11 Å². The SMILES string of the molecule is CCNc1ncnc(N(C)C(C)CO)c1C. The lowest BCUT2D eigenvalue weighted by atomic mass is 10.2. The van der Waals surface area contributed by atoms with E-state index in [2.05, 4.69) is 15.3 Å². The van der Waals surface area contributed by atoms with Crippen LogP contribution in [0, 0.1) is 6.92 Å². The van der Waals surface area contributed by atoms with Crippen molar-refractivity contribution >= 4 is 11.6 Å². The zero-order valence-corrected chi connectivity index (χ0v) is 10.4. The van der Waals surface area contributed by atoms with Gasteiger partial charge in [0.05, 0.1) is 12.6 Å². The average Bonchev–Trinajstić information content (AvgIpc) is 2.30. The molecule has 0 amide bonds. The molecule has 0 radical (unpaired) electrons. The zero-order chi connectivity index (χ0) is 12.1. The first-order valence-corrected chi connectivity index (χ1v) is 5.51. The van der Waals surface area contributed by atoms with Crippen molar-refractivity contribution in [2.75, 3.05) is 30.4 Å². The van der Waals surface area contributed by atoms with E-state index in [0.29, 0.717) is 0 Å². The van der Waals surface area contributed by atoms with E-state index in [1.165, 1.54) is 0 Å². The second-order valence-electron chi connectivity index (χ2n) is 3.84. The van der Waals surface area contributed by atoms with Crippen LogP contribution in [0.25, 0.3) is 0 Å². The molecule has 0 aliphatic heterocycles. The predicted molar refractivity (Wildman–Crippen MR) is 65.9 cm³/mol. The summed E-state index contributed by atoms with van der Waals surface area (Å²) in [7, 11) is 1.92. The smallest absolute Gasteiger partial charge is 0.137 e. The summed E-state index contributed by atoms with van der Waals surface area (Å²) >= 11 is 0. The number of aromatic nitrogens is 2. The molecule has 0 aliphatic carbocycles. The first kappa shape index (κ1) is 12.7. The molecule has 1 aromatic heterocycles. The van der Waals surface area contributed by atoms with Gasteiger partial charge in [0.15, 0.2) is 0 Å². The highest BCUT2D eigenvalue weighted by molar-refractivity contribution is 5.57. The summed E-state index contributed by atoms with van der Waals surface area (Å²) in [6, 6.07) is 0.0445. The molecule has 1 atom stereocenters. The van der Waals surface area contributed by atoms with Crippen molar-refractivity contribution in [3.63, 3.8) is 0 Å². The topological polar surface area (TPSA) is 61.3 Å². The molecule has 1 heterocycles. The molecule has 5 nitrogen and oxygen atoms in total. The summed E-state index contributed by atoms with van der Waals surface area (Å²) in [4.78, 5) is 10.4. The third-order valence-electron chi connectivity index (χ3n) is 2.66. The van der Waals surface area contributed by atoms with Crippen LogP contribution in [0.5, 0.6) is 0 Å². The summed E-state index contributed by atoms with van der Waals surface area (Å²) in [5.41, 5.74) is 1.01. The first-order chi connectivity index (χ1) is 7.61. The molecule has 1 unspecified atom stereocenters. The van der Waals surface area contributed by atoms with Crippen LogP contribution >= 0.6 is 0 Å². The Morgan fingerprint density at radius 1 is 1.50 bits per heavy atom. The fourth-order valence-corrected chi connectivity index (χ4v) is 1.47. The fourth-order valence-electron chi connectivity index (χ4n) is 1.47. The Hall–Kier alpha value is -1.36. The second-order valence-corrected chi connectivity index (χ2v) is 3.84. The maximum atomic E-state index is 9.13. The minimum atomic E-state index is 0.0445. The summed E-state index contributed by atoms with van der Waals surface area (Å²) in [5, 5.41) is 12.3. The van der Waals surface area contributed by atoms with E-state index >= 15 is 0 Å². The Bertz CT molecular complexity index is 343. The van der Waals surface area contributed by atoms with Gasteiger partial charge in [0.1, 0.15) is 18.0 Å². The fraction of sp³-hybridized carbons (Fsp3) is 0.636. The van der Waals surface area contributed by atoms with Crippen molar-refractivity contribution in [3.8, 4) is 0 Å². The van der Waals surface area contributed by atoms with Gasteiger partial charge < -0.3 is 15.3 Å². The number of aliphatic hydroxyl groups is 1. The Kier molecular flexibility index (Phi) is 4.49. The number of nitrogens with zero attached hydrogens (tertiary/aromatic N) is 3. The number of anilines is 2. The van der Waals surface area contributed by atoms with Gasteiger partial charge in [-0.3, -0.25) is 0 Å². The predicted octanol–water partition coefficient (Wildman–Crippen LogP) is 1.03. The molecule has 5 heteroatoms. The molecule has 0 fully saturated rings. The molecule has 0 spiro atoms. The maximum Gasteiger partial charge on any atom is 0.137 e. The molecule has 0 bridgehead atoms. The highest BCUT2D eigenvalue weighted by Gasteiger charge is 2.14. The Labute approximate surface area is 96.5 Å². The van der Waals surface area contributed by atoms with E-state index in [9.17, 15) is 0 Å². The van der Waals surface area contributed by atoms with E-state index in [1.807, 2.05) is 32.7 Å². The van der Waals surface area contributed by atoms with Crippen molar-refractivity contribution in [1.82, 2.24) is 9.97 Å². The largest absolute Gasteiger partial charge is 0.394 e. The molecule has 0 aliphatic rings. The van der Waals surface area contributed by atoms with Gasteiger partial charge >= 0.3 is 0 Å². The summed E-state index contributed by atoms with van der Waals surface area (Å²) in [5.74, 6) is 1.71. The lowest BCUT2D eigenvalue weighted by molar-refractivity contribution is 0.269. The van der Waals surface area contributed by atoms with Crippen molar-refractivity contribution in [1.29, 1.82) is 0 Å². The number of likely N-dealkylation sites (N-methyl/N-ethyl adjacent to an activating group) is 1. The minimum absolute atomic E-state index is 0.0445. The molecule has 1 aromatic rings. The van der Waals surface area contributed by atoms with Gasteiger partial charge in [-0.2, -0.15) is 0 Å². The molecule has 0 saturated carbocycles. The van der Waals surface area contributed by atoms with Crippen molar-refractivity contribution in [2.45, 2.75) is 26.8 Å². The third kappa shape index (κ3) is 2.61. The molecule has 90 valence electrons. The van der Waals surface area contributed by atoms with Crippen LogP contribution in [0.1, 0.15) is 19.4 Å². The number of hydrogen-bond donors (Lipinski definition) is 2. The number of aliphatic hydroxyl groups excluding tert-OH is 1. The van der Waals surface area contributed by atoms with Gasteiger partial charge in [0, 0.05) is 19.2 Å². The number of nitrogens with one attached hydrogen (secondary N) is 1. The van der Waals surface area contributed by atoms with Crippen LogP contribution in [0.3, 0.4) is 0 Å². The van der Waals surface area contributed by atoms with Gasteiger partial charge in [-0.05, 0) is 20.8 Å². The van der Waals surface area contributed by atoms with Gasteiger partial charge in [-0.1, -0.05) is 0 Å². The van der Waals surface area contributed by atoms with E-state index in [1.54, 1.807) is 6.33 Å². The molecule has 2 N–H and O–H groups in total. The highest BCUT2D eigenvalue weighted by atomic mass is 16.3. The Morgan fingerprint density at radius 2 is 2.19 bits per heavy atom. The first-order valence-electron chi connectivity index (χ1n) is 5.51. The average molecular weight is 224 g/mol. The molecule has 0 aromatic carbocycles. The molecule has 1 rings (SSSR count). The summed E-state index contributed by atoms with van der Waals surface area (Å²) in [6.45, 7) is 6.90. The highest BCUT2D eigenvalue weighted by Crippen LogP contribution is 2.22. The minimum Gasteiger partial charge on any atom is -0.394 e. The quantitative estimate of drug-likeness (QED) is 0.782. The standard InChI is InChI=1S/C11H20N4O/c1-5-12-10-9(3)11(14-7-13-10)15(4)8(2)6-16/h7-8,16H,5-6H2,1-4H3,(H,12,13,14). The maximum absolute atomic E-state index is 9.13. The number of hydrogen-bond acceptors (Lipinski definition) is 5. The van der Waals surface area contributed by atoms with Gasteiger partial charge in [0.2, 0.25) is 0 Å². The lowest BCUT2D eigenvalue weighted by Gasteiger charge is -2.26. The van der Waals surface area contributed by atoms with Gasteiger partial charge in [-0.15, -0.1) is 0 Å². The normalized spacial score (nSPS) is 12.3. The van der Waals surface area contributed by atoms with Crippen LogP contribution in [-0.2, 0) is 0 Å². The van der Waals surface area contributed by atoms with Crippen LogP contribution in [0.4, 0.5) is 11.6 Å². The Balaban J connectivity index is 3.00. The van der Waals surface area contributed by atoms with Gasteiger partial charge in [-0.25, -0.2) is 9.97 Å². The van der Waals surface area contributed by atoms with Crippen molar-refractivity contribution in [2.24, 2.45) is 0 Å². The Morgan fingerprint density at radius 3 is 2.75 bits per heavy atom. The zero-order valence-electron chi connectivity index (χ0n) is 10.4. The summed E-state index contributed by atoms with van der Waals surface area (Å²) in [6.07, 6.45) is 1.54. The summed E-state index contributed by atoms with van der Waals surface area (Å²) < 4.78 is 0. The molecular weight excluding hydrogens is 204 g/mol. The molecular formula is C11H20N4O. The van der Waals surface area contributed by atoms with Gasteiger partial charge in [0.25, 0.3) is 0 Å². The molecule has 0 saturated heterocycles. The van der Waals surface area contributed by atoms with Crippen LogP contribution in [0.15, 0.2) is 6.33 Å².